The number of fused-ring (bicyclic) bond motifs is 1. The average Bonchev–Trinajstić information content (AvgIpc) is 2.82. The topological polar surface area (TPSA) is 29.3 Å². The van der Waals surface area contributed by atoms with Gasteiger partial charge in [0.15, 0.2) is 0 Å². The van der Waals surface area contributed by atoms with Gasteiger partial charge in [-0.2, -0.15) is 0 Å². The Morgan fingerprint density at radius 2 is 2.05 bits per heavy atom. The van der Waals surface area contributed by atoms with Crippen molar-refractivity contribution in [3.8, 4) is 0 Å². The normalized spacial score (nSPS) is 17.1. The van der Waals surface area contributed by atoms with Crippen molar-refractivity contribution in [2.24, 2.45) is 5.73 Å². The number of hydrogen-bond donors (Lipinski definition) is 1. The van der Waals surface area contributed by atoms with E-state index in [9.17, 15) is 4.39 Å². The van der Waals surface area contributed by atoms with Crippen LogP contribution in [-0.2, 0) is 6.54 Å². The number of halogens is 1. The van der Waals surface area contributed by atoms with Crippen molar-refractivity contribution in [2.45, 2.75) is 25.8 Å². The van der Waals surface area contributed by atoms with Gasteiger partial charge in [0.05, 0.1) is 0 Å². The van der Waals surface area contributed by atoms with Gasteiger partial charge in [-0.25, -0.2) is 4.39 Å². The minimum atomic E-state index is -0.137. The third kappa shape index (κ3) is 2.79. The highest BCUT2D eigenvalue weighted by molar-refractivity contribution is 5.60. The number of para-hydroxylation sites is 1. The summed E-state index contributed by atoms with van der Waals surface area (Å²) in [5.41, 5.74) is 10.3. The van der Waals surface area contributed by atoms with Gasteiger partial charge in [0, 0.05) is 24.7 Å². The lowest BCUT2D eigenvalue weighted by molar-refractivity contribution is 0.616. The van der Waals surface area contributed by atoms with Crippen molar-refractivity contribution in [3.05, 3.63) is 65.0 Å². The van der Waals surface area contributed by atoms with Gasteiger partial charge in [-0.3, -0.25) is 0 Å². The van der Waals surface area contributed by atoms with E-state index in [0.717, 1.165) is 25.1 Å². The molecule has 0 saturated heterocycles. The summed E-state index contributed by atoms with van der Waals surface area (Å²) in [4.78, 5) is 2.38. The third-order valence-corrected chi connectivity index (χ3v) is 4.27. The zero-order chi connectivity index (χ0) is 14.8. The standard InChI is InChI=1S/C18H21FN2/c1-13-10-14(6-7-17(13)19)11-21-12-15(8-9-20)16-4-2-3-5-18(16)21/h2-7,10,15H,8-9,11-12,20H2,1H3. The molecular weight excluding hydrogens is 263 g/mol. The maximum absolute atomic E-state index is 13.4. The highest BCUT2D eigenvalue weighted by Crippen LogP contribution is 2.38. The Hall–Kier alpha value is -1.87. The minimum Gasteiger partial charge on any atom is -0.366 e. The summed E-state index contributed by atoms with van der Waals surface area (Å²) in [7, 11) is 0. The van der Waals surface area contributed by atoms with E-state index >= 15 is 0 Å². The molecule has 1 heterocycles. The molecular formula is C18H21FN2. The molecule has 0 radical (unpaired) electrons. The molecule has 2 nitrogen and oxygen atoms in total. The molecule has 0 bridgehead atoms. The van der Waals surface area contributed by atoms with Crippen LogP contribution in [0.2, 0.25) is 0 Å². The highest BCUT2D eigenvalue weighted by Gasteiger charge is 2.27. The first-order valence-electron chi connectivity index (χ1n) is 7.48. The molecule has 0 aliphatic carbocycles. The smallest absolute Gasteiger partial charge is 0.126 e. The van der Waals surface area contributed by atoms with E-state index < -0.39 is 0 Å². The van der Waals surface area contributed by atoms with Crippen molar-refractivity contribution in [3.63, 3.8) is 0 Å². The second kappa shape index (κ2) is 5.86. The number of anilines is 1. The molecule has 3 heteroatoms. The maximum Gasteiger partial charge on any atom is 0.126 e. The summed E-state index contributed by atoms with van der Waals surface area (Å²) in [6.07, 6.45) is 1.01. The Bertz CT molecular complexity index is 639. The molecule has 0 aromatic heterocycles. The van der Waals surface area contributed by atoms with Crippen LogP contribution < -0.4 is 10.6 Å². The fourth-order valence-corrected chi connectivity index (χ4v) is 3.21. The fourth-order valence-electron chi connectivity index (χ4n) is 3.21. The number of aryl methyl sites for hydroxylation is 1. The Kier molecular flexibility index (Phi) is 3.93. The summed E-state index contributed by atoms with van der Waals surface area (Å²) in [5, 5.41) is 0. The van der Waals surface area contributed by atoms with Gasteiger partial charge < -0.3 is 10.6 Å². The minimum absolute atomic E-state index is 0.137. The molecule has 1 atom stereocenters. The van der Waals surface area contributed by atoms with E-state index in [1.165, 1.54) is 11.3 Å². The van der Waals surface area contributed by atoms with Gasteiger partial charge in [0.25, 0.3) is 0 Å². The Morgan fingerprint density at radius 3 is 2.81 bits per heavy atom. The summed E-state index contributed by atoms with van der Waals surface area (Å²) < 4.78 is 13.4. The molecule has 110 valence electrons. The number of nitrogens with two attached hydrogens (primary N) is 1. The van der Waals surface area contributed by atoms with E-state index in [1.54, 1.807) is 6.07 Å². The molecule has 0 amide bonds. The molecule has 2 N–H and O–H groups in total. The molecule has 0 fully saturated rings. The zero-order valence-electron chi connectivity index (χ0n) is 12.3. The summed E-state index contributed by atoms with van der Waals surface area (Å²) in [6, 6.07) is 13.9. The number of hydrogen-bond acceptors (Lipinski definition) is 2. The van der Waals surface area contributed by atoms with Crippen LogP contribution in [0.5, 0.6) is 0 Å². The van der Waals surface area contributed by atoms with E-state index in [-0.39, 0.29) is 5.82 Å². The van der Waals surface area contributed by atoms with E-state index in [4.69, 9.17) is 5.73 Å². The van der Waals surface area contributed by atoms with Crippen LogP contribution in [-0.4, -0.2) is 13.1 Å². The first kappa shape index (κ1) is 14.1. The van der Waals surface area contributed by atoms with Gasteiger partial charge >= 0.3 is 0 Å². The maximum atomic E-state index is 13.4. The molecule has 0 spiro atoms. The summed E-state index contributed by atoms with van der Waals surface area (Å²) >= 11 is 0. The molecule has 1 aliphatic heterocycles. The summed E-state index contributed by atoms with van der Waals surface area (Å²) in [5.74, 6) is 0.370. The van der Waals surface area contributed by atoms with E-state index in [0.29, 0.717) is 18.0 Å². The van der Waals surface area contributed by atoms with Crippen molar-refractivity contribution in [2.75, 3.05) is 18.0 Å². The molecule has 3 rings (SSSR count). The lowest BCUT2D eigenvalue weighted by atomic mass is 9.98. The number of rotatable bonds is 4. The molecule has 0 saturated carbocycles. The zero-order valence-corrected chi connectivity index (χ0v) is 12.3. The lowest BCUT2D eigenvalue weighted by Crippen LogP contribution is -2.22. The first-order valence-corrected chi connectivity index (χ1v) is 7.48. The van der Waals surface area contributed by atoms with Crippen molar-refractivity contribution < 1.29 is 4.39 Å². The number of nitrogens with zero attached hydrogens (tertiary/aromatic N) is 1. The van der Waals surface area contributed by atoms with Crippen LogP contribution in [0.3, 0.4) is 0 Å². The van der Waals surface area contributed by atoms with Crippen molar-refractivity contribution in [1.82, 2.24) is 0 Å². The van der Waals surface area contributed by atoms with Crippen LogP contribution in [0.1, 0.15) is 29.0 Å². The lowest BCUT2D eigenvalue weighted by Gasteiger charge is -2.20. The third-order valence-electron chi connectivity index (χ3n) is 4.27. The predicted molar refractivity (Wildman–Crippen MR) is 85.0 cm³/mol. The van der Waals surface area contributed by atoms with Crippen molar-refractivity contribution in [1.29, 1.82) is 0 Å². The van der Waals surface area contributed by atoms with Crippen LogP contribution in [0.15, 0.2) is 42.5 Å². The second-order valence-electron chi connectivity index (χ2n) is 5.80. The first-order chi connectivity index (χ1) is 10.2. The van der Waals surface area contributed by atoms with Gasteiger partial charge in [0.2, 0.25) is 0 Å². The molecule has 2 aromatic carbocycles. The van der Waals surface area contributed by atoms with Gasteiger partial charge in [-0.15, -0.1) is 0 Å². The molecule has 1 aliphatic rings. The quantitative estimate of drug-likeness (QED) is 0.929. The Morgan fingerprint density at radius 1 is 1.24 bits per heavy atom. The van der Waals surface area contributed by atoms with Crippen LogP contribution in [0, 0.1) is 12.7 Å². The SMILES string of the molecule is Cc1cc(CN2CC(CCN)c3ccccc32)ccc1F. The van der Waals surface area contributed by atoms with Crippen molar-refractivity contribution >= 4 is 5.69 Å². The second-order valence-corrected chi connectivity index (χ2v) is 5.80. The fraction of sp³-hybridized carbons (Fsp3) is 0.333. The Labute approximate surface area is 125 Å². The van der Waals surface area contributed by atoms with Crippen LogP contribution >= 0.6 is 0 Å². The summed E-state index contributed by atoms with van der Waals surface area (Å²) in [6.45, 7) is 4.34. The van der Waals surface area contributed by atoms with Crippen LogP contribution in [0.25, 0.3) is 0 Å². The van der Waals surface area contributed by atoms with Gasteiger partial charge in [0.1, 0.15) is 5.82 Å². The predicted octanol–water partition coefficient (Wildman–Crippen LogP) is 3.59. The molecule has 21 heavy (non-hydrogen) atoms. The van der Waals surface area contributed by atoms with E-state index in [2.05, 4.69) is 29.2 Å². The Balaban J connectivity index is 1.84. The average molecular weight is 284 g/mol. The monoisotopic (exact) mass is 284 g/mol. The largest absolute Gasteiger partial charge is 0.366 e. The van der Waals surface area contributed by atoms with E-state index in [1.807, 2.05) is 19.1 Å². The number of benzene rings is 2. The van der Waals surface area contributed by atoms with Crippen LogP contribution in [0.4, 0.5) is 10.1 Å². The van der Waals surface area contributed by atoms with Gasteiger partial charge in [-0.1, -0.05) is 30.3 Å². The molecule has 1 unspecified atom stereocenters. The molecule has 2 aromatic rings. The highest BCUT2D eigenvalue weighted by atomic mass is 19.1. The van der Waals surface area contributed by atoms with Gasteiger partial charge in [-0.05, 0) is 48.7 Å².